The van der Waals surface area contributed by atoms with E-state index in [0.29, 0.717) is 6.61 Å². The molecular formula is C17H17N3OS. The van der Waals surface area contributed by atoms with Crippen molar-refractivity contribution in [2.45, 2.75) is 13.2 Å². The van der Waals surface area contributed by atoms with Gasteiger partial charge in [0.1, 0.15) is 0 Å². The average molecular weight is 311 g/mol. The Labute approximate surface area is 134 Å². The molecule has 0 bridgehead atoms. The van der Waals surface area contributed by atoms with Gasteiger partial charge in [0.2, 0.25) is 5.13 Å². The molecule has 0 fully saturated rings. The molecule has 2 aromatic carbocycles. The Morgan fingerprint density at radius 1 is 1.00 bits per heavy atom. The summed E-state index contributed by atoms with van der Waals surface area (Å²) >= 11 is 1.38. The highest BCUT2D eigenvalue weighted by atomic mass is 32.1. The van der Waals surface area contributed by atoms with Gasteiger partial charge in [0.15, 0.2) is 5.82 Å². The van der Waals surface area contributed by atoms with Gasteiger partial charge in [-0.1, -0.05) is 54.6 Å². The van der Waals surface area contributed by atoms with Gasteiger partial charge < -0.3 is 10.1 Å². The van der Waals surface area contributed by atoms with E-state index in [1.165, 1.54) is 22.7 Å². The van der Waals surface area contributed by atoms with Crippen LogP contribution in [0.3, 0.4) is 0 Å². The maximum Gasteiger partial charge on any atom is 0.203 e. The molecule has 0 atom stereocenters. The Kier molecular flexibility index (Phi) is 4.78. The van der Waals surface area contributed by atoms with Gasteiger partial charge in [-0.05, 0) is 11.1 Å². The lowest BCUT2D eigenvalue weighted by Crippen LogP contribution is -1.99. The third kappa shape index (κ3) is 3.69. The third-order valence-electron chi connectivity index (χ3n) is 3.24. The minimum atomic E-state index is 0.643. The van der Waals surface area contributed by atoms with E-state index < -0.39 is 0 Å². The highest BCUT2D eigenvalue weighted by molar-refractivity contribution is 7.09. The molecule has 1 aromatic heterocycles. The molecule has 3 aromatic rings. The first kappa shape index (κ1) is 14.7. The van der Waals surface area contributed by atoms with Crippen LogP contribution in [0.15, 0.2) is 54.6 Å². The third-order valence-corrected chi connectivity index (χ3v) is 3.91. The molecule has 0 aliphatic carbocycles. The van der Waals surface area contributed by atoms with E-state index in [-0.39, 0.29) is 0 Å². The van der Waals surface area contributed by atoms with Crippen LogP contribution in [0, 0.1) is 0 Å². The summed E-state index contributed by atoms with van der Waals surface area (Å²) < 4.78 is 9.50. The van der Waals surface area contributed by atoms with Crippen molar-refractivity contribution in [1.29, 1.82) is 0 Å². The number of methoxy groups -OCH3 is 1. The number of nitrogens with zero attached hydrogens (tertiary/aromatic N) is 2. The summed E-state index contributed by atoms with van der Waals surface area (Å²) in [5, 5.41) is 4.15. The van der Waals surface area contributed by atoms with E-state index in [4.69, 9.17) is 4.74 Å². The molecule has 22 heavy (non-hydrogen) atoms. The molecule has 3 rings (SSSR count). The lowest BCUT2D eigenvalue weighted by Gasteiger charge is -2.04. The molecule has 5 heteroatoms. The number of aromatic nitrogens is 2. The van der Waals surface area contributed by atoms with E-state index >= 15 is 0 Å². The van der Waals surface area contributed by atoms with Crippen molar-refractivity contribution in [2.24, 2.45) is 0 Å². The largest absolute Gasteiger partial charge is 0.380 e. The zero-order valence-corrected chi connectivity index (χ0v) is 13.1. The molecule has 0 aliphatic heterocycles. The second-order valence-corrected chi connectivity index (χ2v) is 5.64. The Morgan fingerprint density at radius 3 is 2.45 bits per heavy atom. The van der Waals surface area contributed by atoms with E-state index in [1.54, 1.807) is 7.11 Å². The van der Waals surface area contributed by atoms with Crippen molar-refractivity contribution < 1.29 is 4.74 Å². The van der Waals surface area contributed by atoms with Crippen molar-refractivity contribution in [3.8, 4) is 11.4 Å². The Bertz CT molecular complexity index is 710. The second kappa shape index (κ2) is 7.15. The van der Waals surface area contributed by atoms with Crippen molar-refractivity contribution in [3.63, 3.8) is 0 Å². The van der Waals surface area contributed by atoms with Crippen molar-refractivity contribution in [1.82, 2.24) is 9.36 Å². The van der Waals surface area contributed by atoms with Gasteiger partial charge in [-0.3, -0.25) is 0 Å². The Hall–Kier alpha value is -2.24. The molecule has 0 unspecified atom stereocenters. The van der Waals surface area contributed by atoms with Gasteiger partial charge in [0.05, 0.1) is 6.61 Å². The molecule has 0 spiro atoms. The molecular weight excluding hydrogens is 294 g/mol. The number of hydrogen-bond donors (Lipinski definition) is 1. The standard InChI is InChI=1S/C17H17N3OS/c1-21-12-14-9-7-13(8-10-14)11-18-17-19-16(20-22-17)15-5-3-2-4-6-15/h2-10H,11-12H2,1H3,(H,18,19,20). The highest BCUT2D eigenvalue weighted by Crippen LogP contribution is 2.21. The summed E-state index contributed by atoms with van der Waals surface area (Å²) in [6.45, 7) is 1.38. The van der Waals surface area contributed by atoms with Crippen LogP contribution in [-0.4, -0.2) is 16.5 Å². The summed E-state index contributed by atoms with van der Waals surface area (Å²) in [7, 11) is 1.70. The predicted molar refractivity (Wildman–Crippen MR) is 89.8 cm³/mol. The number of nitrogens with one attached hydrogen (secondary N) is 1. The molecule has 0 saturated carbocycles. The van der Waals surface area contributed by atoms with E-state index in [2.05, 4.69) is 38.9 Å². The summed E-state index contributed by atoms with van der Waals surface area (Å²) in [6, 6.07) is 18.4. The maximum atomic E-state index is 5.11. The van der Waals surface area contributed by atoms with Gasteiger partial charge in [0, 0.05) is 30.8 Å². The van der Waals surface area contributed by atoms with Crippen molar-refractivity contribution >= 4 is 16.7 Å². The van der Waals surface area contributed by atoms with Crippen molar-refractivity contribution in [3.05, 3.63) is 65.7 Å². The summed E-state index contributed by atoms with van der Waals surface area (Å²) in [5.74, 6) is 0.767. The maximum absolute atomic E-state index is 5.11. The fourth-order valence-electron chi connectivity index (χ4n) is 2.10. The van der Waals surface area contributed by atoms with Crippen LogP contribution in [0.1, 0.15) is 11.1 Å². The van der Waals surface area contributed by atoms with Gasteiger partial charge in [-0.2, -0.15) is 9.36 Å². The van der Waals surface area contributed by atoms with Crippen molar-refractivity contribution in [2.75, 3.05) is 12.4 Å². The number of benzene rings is 2. The lowest BCUT2D eigenvalue weighted by molar-refractivity contribution is 0.185. The van der Waals surface area contributed by atoms with Gasteiger partial charge >= 0.3 is 0 Å². The first-order chi connectivity index (χ1) is 10.8. The molecule has 0 amide bonds. The number of hydrogen-bond acceptors (Lipinski definition) is 5. The SMILES string of the molecule is COCc1ccc(CNc2nc(-c3ccccc3)ns2)cc1. The van der Waals surface area contributed by atoms with E-state index in [1.807, 2.05) is 30.3 Å². The molecule has 0 aliphatic rings. The quantitative estimate of drug-likeness (QED) is 0.748. The Morgan fingerprint density at radius 2 is 1.73 bits per heavy atom. The molecule has 0 radical (unpaired) electrons. The first-order valence-corrected chi connectivity index (χ1v) is 7.82. The number of rotatable bonds is 6. The molecule has 1 heterocycles. The molecule has 112 valence electrons. The van der Waals surface area contributed by atoms with Crippen LogP contribution in [0.4, 0.5) is 5.13 Å². The monoisotopic (exact) mass is 311 g/mol. The fourth-order valence-corrected chi connectivity index (χ4v) is 2.68. The smallest absolute Gasteiger partial charge is 0.203 e. The van der Waals surface area contributed by atoms with Crippen LogP contribution >= 0.6 is 11.5 Å². The zero-order valence-electron chi connectivity index (χ0n) is 12.3. The number of ether oxygens (including phenoxy) is 1. The van der Waals surface area contributed by atoms with Gasteiger partial charge in [-0.25, -0.2) is 0 Å². The van der Waals surface area contributed by atoms with Crippen LogP contribution in [0.25, 0.3) is 11.4 Å². The van der Waals surface area contributed by atoms with E-state index in [0.717, 1.165) is 23.1 Å². The number of anilines is 1. The first-order valence-electron chi connectivity index (χ1n) is 7.05. The highest BCUT2D eigenvalue weighted by Gasteiger charge is 2.05. The minimum Gasteiger partial charge on any atom is -0.380 e. The fraction of sp³-hybridized carbons (Fsp3) is 0.176. The van der Waals surface area contributed by atoms with Crippen LogP contribution in [0.2, 0.25) is 0 Å². The Balaban J connectivity index is 1.61. The van der Waals surface area contributed by atoms with E-state index in [9.17, 15) is 0 Å². The second-order valence-electron chi connectivity index (χ2n) is 4.89. The zero-order chi connectivity index (χ0) is 15.2. The average Bonchev–Trinajstić information content (AvgIpc) is 3.04. The van der Waals surface area contributed by atoms with Crippen LogP contribution in [-0.2, 0) is 17.9 Å². The topological polar surface area (TPSA) is 47.0 Å². The molecule has 4 nitrogen and oxygen atoms in total. The van der Waals surface area contributed by atoms with Crippen LogP contribution in [0.5, 0.6) is 0 Å². The lowest BCUT2D eigenvalue weighted by atomic mass is 10.1. The van der Waals surface area contributed by atoms with Gasteiger partial charge in [-0.15, -0.1) is 0 Å². The minimum absolute atomic E-state index is 0.643. The summed E-state index contributed by atoms with van der Waals surface area (Å²) in [5.41, 5.74) is 3.42. The summed E-state index contributed by atoms with van der Waals surface area (Å²) in [4.78, 5) is 4.52. The normalized spacial score (nSPS) is 10.6. The van der Waals surface area contributed by atoms with Crippen LogP contribution < -0.4 is 5.32 Å². The molecule has 0 saturated heterocycles. The predicted octanol–water partition coefficient (Wildman–Crippen LogP) is 3.96. The van der Waals surface area contributed by atoms with Gasteiger partial charge in [0.25, 0.3) is 0 Å². The summed E-state index contributed by atoms with van der Waals surface area (Å²) in [6.07, 6.45) is 0. The molecule has 1 N–H and O–H groups in total.